The van der Waals surface area contributed by atoms with Gasteiger partial charge < -0.3 is 4.74 Å². The fourth-order valence-corrected chi connectivity index (χ4v) is 4.71. The Balaban J connectivity index is 1.54. The predicted octanol–water partition coefficient (Wildman–Crippen LogP) is 9.47. The van der Waals surface area contributed by atoms with Crippen molar-refractivity contribution in [2.24, 2.45) is 5.92 Å². The van der Waals surface area contributed by atoms with Crippen LogP contribution in [-0.2, 0) is 0 Å². The first-order valence-corrected chi connectivity index (χ1v) is 12.1. The van der Waals surface area contributed by atoms with E-state index in [4.69, 9.17) is 0 Å². The lowest BCUT2D eigenvalue weighted by Crippen LogP contribution is -2.45. The molecule has 0 radical (unpaired) electrons. The van der Waals surface area contributed by atoms with Gasteiger partial charge in [0.25, 0.3) is 6.17 Å². The van der Waals surface area contributed by atoms with Crippen molar-refractivity contribution in [1.29, 1.82) is 0 Å². The second kappa shape index (κ2) is 11.5. The minimum Gasteiger partial charge on any atom is -0.430 e. The van der Waals surface area contributed by atoms with Crippen LogP contribution in [0.3, 0.4) is 0 Å². The van der Waals surface area contributed by atoms with Crippen LogP contribution in [0.5, 0.6) is 5.75 Å². The van der Waals surface area contributed by atoms with Gasteiger partial charge in [-0.2, -0.15) is 22.0 Å². The van der Waals surface area contributed by atoms with Crippen LogP contribution in [0.15, 0.2) is 48.5 Å². The molecule has 34 heavy (non-hydrogen) atoms. The normalized spacial score (nSPS) is 20.2. The van der Waals surface area contributed by atoms with E-state index in [-0.39, 0.29) is 0 Å². The summed E-state index contributed by atoms with van der Waals surface area (Å²) >= 11 is 0. The van der Waals surface area contributed by atoms with Gasteiger partial charge in [-0.3, -0.25) is 0 Å². The summed E-state index contributed by atoms with van der Waals surface area (Å²) in [6, 6.07) is 13.2. The molecule has 0 N–H and O–H groups in total. The Hall–Kier alpha value is -2.18. The maximum atomic E-state index is 13.4. The van der Waals surface area contributed by atoms with Crippen molar-refractivity contribution in [2.75, 3.05) is 0 Å². The molecule has 1 unspecified atom stereocenters. The second-order valence-corrected chi connectivity index (χ2v) is 9.28. The summed E-state index contributed by atoms with van der Waals surface area (Å²) in [5.41, 5.74) is 2.84. The molecule has 188 valence electrons. The summed E-state index contributed by atoms with van der Waals surface area (Å²) < 4.78 is 80.7. The number of alkyl halides is 6. The van der Waals surface area contributed by atoms with Gasteiger partial charge in [-0.1, -0.05) is 75.4 Å². The summed E-state index contributed by atoms with van der Waals surface area (Å²) in [5, 5.41) is 0. The monoisotopic (exact) mass is 486 g/mol. The average Bonchev–Trinajstić information content (AvgIpc) is 2.82. The van der Waals surface area contributed by atoms with E-state index in [1.165, 1.54) is 75.5 Å². The zero-order valence-electron chi connectivity index (χ0n) is 19.4. The van der Waals surface area contributed by atoms with Gasteiger partial charge in [-0.05, 0) is 66.3 Å². The van der Waals surface area contributed by atoms with E-state index in [0.29, 0.717) is 11.5 Å². The highest BCUT2D eigenvalue weighted by atomic mass is 19.4. The Morgan fingerprint density at radius 2 is 1.35 bits per heavy atom. The molecule has 1 aliphatic carbocycles. The molecule has 1 aliphatic rings. The molecular weight excluding hydrogens is 454 g/mol. The molecular formula is C27H32F6O. The van der Waals surface area contributed by atoms with Crippen molar-refractivity contribution in [1.82, 2.24) is 0 Å². The van der Waals surface area contributed by atoms with E-state index in [2.05, 4.69) is 23.8 Å². The molecule has 1 fully saturated rings. The number of rotatable bonds is 10. The lowest BCUT2D eigenvalue weighted by Gasteiger charge is -2.29. The van der Waals surface area contributed by atoms with Gasteiger partial charge in [-0.25, -0.2) is 4.39 Å². The van der Waals surface area contributed by atoms with E-state index < -0.39 is 24.2 Å². The molecule has 1 saturated carbocycles. The Bertz CT molecular complexity index is 867. The zero-order valence-corrected chi connectivity index (χ0v) is 19.4. The number of hydrogen-bond acceptors (Lipinski definition) is 1. The fraction of sp³-hybridized carbons (Fsp3) is 0.556. The minimum absolute atomic E-state index is 0.538. The summed E-state index contributed by atoms with van der Waals surface area (Å²) in [4.78, 5) is 0. The Labute approximate surface area is 197 Å². The SMILES string of the molecule is CCCCCCC1CCC(c2ccc(-c3ccc(OC(F)(F)C(F)C(F)(F)F)cc3)cc2)CC1. The van der Waals surface area contributed by atoms with Crippen molar-refractivity contribution in [3.8, 4) is 16.9 Å². The molecule has 2 aromatic carbocycles. The topological polar surface area (TPSA) is 9.23 Å². The molecule has 3 rings (SSSR count). The van der Waals surface area contributed by atoms with Gasteiger partial charge in [0.2, 0.25) is 0 Å². The van der Waals surface area contributed by atoms with Crippen molar-refractivity contribution < 1.29 is 31.1 Å². The highest BCUT2D eigenvalue weighted by Crippen LogP contribution is 2.39. The standard InChI is InChI=1S/C27H32F6O/c1-2-3-4-5-6-19-7-9-20(10-8-19)21-11-13-22(14-12-21)23-15-17-24(18-16-23)34-27(32,33)25(28)26(29,30)31/h11-20,25H,2-10H2,1H3. The molecule has 0 aliphatic heterocycles. The molecule has 1 nitrogen and oxygen atoms in total. The van der Waals surface area contributed by atoms with E-state index in [1.54, 1.807) is 0 Å². The Morgan fingerprint density at radius 3 is 1.88 bits per heavy atom. The zero-order chi connectivity index (χ0) is 24.8. The van der Waals surface area contributed by atoms with E-state index >= 15 is 0 Å². The van der Waals surface area contributed by atoms with Gasteiger partial charge in [0, 0.05) is 0 Å². The summed E-state index contributed by atoms with van der Waals surface area (Å²) in [7, 11) is 0. The first kappa shape index (κ1) is 26.4. The molecule has 0 spiro atoms. The van der Waals surface area contributed by atoms with Crippen LogP contribution in [0, 0.1) is 5.92 Å². The first-order chi connectivity index (χ1) is 16.1. The third-order valence-electron chi connectivity index (χ3n) is 6.72. The fourth-order valence-electron chi connectivity index (χ4n) is 4.71. The molecule has 0 saturated heterocycles. The molecule has 7 heteroatoms. The maximum Gasteiger partial charge on any atom is 0.439 e. The maximum absolute atomic E-state index is 13.4. The predicted molar refractivity (Wildman–Crippen MR) is 122 cm³/mol. The van der Waals surface area contributed by atoms with Crippen LogP contribution < -0.4 is 4.74 Å². The smallest absolute Gasteiger partial charge is 0.430 e. The van der Waals surface area contributed by atoms with Crippen LogP contribution in [-0.4, -0.2) is 18.5 Å². The van der Waals surface area contributed by atoms with Gasteiger partial charge in [0.05, 0.1) is 0 Å². The number of halogens is 6. The average molecular weight is 487 g/mol. The summed E-state index contributed by atoms with van der Waals surface area (Å²) in [6.07, 6.45) is -3.64. The molecule has 0 bridgehead atoms. The lowest BCUT2D eigenvalue weighted by molar-refractivity contribution is -0.304. The van der Waals surface area contributed by atoms with E-state index in [0.717, 1.165) is 23.6 Å². The highest BCUT2D eigenvalue weighted by molar-refractivity contribution is 5.64. The number of ether oxygens (including phenoxy) is 1. The third kappa shape index (κ3) is 7.16. The van der Waals surface area contributed by atoms with Gasteiger partial charge in [-0.15, -0.1) is 0 Å². The third-order valence-corrected chi connectivity index (χ3v) is 6.72. The van der Waals surface area contributed by atoms with Crippen LogP contribution in [0.4, 0.5) is 26.3 Å². The van der Waals surface area contributed by atoms with Crippen molar-refractivity contribution in [3.63, 3.8) is 0 Å². The van der Waals surface area contributed by atoms with E-state index in [9.17, 15) is 26.3 Å². The molecule has 2 aromatic rings. The van der Waals surface area contributed by atoms with Crippen LogP contribution in [0.2, 0.25) is 0 Å². The molecule has 0 amide bonds. The quantitative estimate of drug-likeness (QED) is 0.240. The van der Waals surface area contributed by atoms with Crippen molar-refractivity contribution in [2.45, 2.75) is 89.1 Å². The molecule has 0 aromatic heterocycles. The van der Waals surface area contributed by atoms with Gasteiger partial charge >= 0.3 is 12.3 Å². The van der Waals surface area contributed by atoms with Gasteiger partial charge in [0.1, 0.15) is 5.75 Å². The Kier molecular flexibility index (Phi) is 8.94. The van der Waals surface area contributed by atoms with Crippen molar-refractivity contribution in [3.05, 3.63) is 54.1 Å². The molecule has 1 atom stereocenters. The minimum atomic E-state index is -5.71. The summed E-state index contributed by atoms with van der Waals surface area (Å²) in [6.45, 7) is 2.23. The van der Waals surface area contributed by atoms with Crippen molar-refractivity contribution >= 4 is 0 Å². The number of hydrogen-bond donors (Lipinski definition) is 0. The number of benzene rings is 2. The lowest BCUT2D eigenvalue weighted by atomic mass is 9.77. The van der Waals surface area contributed by atoms with E-state index in [1.807, 2.05) is 12.1 Å². The highest BCUT2D eigenvalue weighted by Gasteiger charge is 2.59. The summed E-state index contributed by atoms with van der Waals surface area (Å²) in [5.74, 6) is 0.842. The van der Waals surface area contributed by atoms with Crippen LogP contribution in [0.25, 0.3) is 11.1 Å². The van der Waals surface area contributed by atoms with Gasteiger partial charge in [0.15, 0.2) is 0 Å². The van der Waals surface area contributed by atoms with Crippen LogP contribution in [0.1, 0.15) is 76.2 Å². The largest absolute Gasteiger partial charge is 0.439 e. The number of unbranched alkanes of at least 4 members (excludes halogenated alkanes) is 3. The second-order valence-electron chi connectivity index (χ2n) is 9.28. The molecule has 0 heterocycles. The first-order valence-electron chi connectivity index (χ1n) is 12.1. The Morgan fingerprint density at radius 1 is 0.794 bits per heavy atom. The van der Waals surface area contributed by atoms with Crippen LogP contribution >= 0.6 is 0 Å².